The van der Waals surface area contributed by atoms with Crippen molar-refractivity contribution in [3.63, 3.8) is 0 Å². The Balaban J connectivity index is 1.80. The summed E-state index contributed by atoms with van der Waals surface area (Å²) in [7, 11) is 0. The van der Waals surface area contributed by atoms with Gasteiger partial charge < -0.3 is 20.3 Å². The number of nitrogens with one attached hydrogen (secondary N) is 1. The van der Waals surface area contributed by atoms with Crippen molar-refractivity contribution >= 4 is 17.4 Å². The number of dihydropyridines is 1. The minimum atomic E-state index is -1.15. The lowest BCUT2D eigenvalue weighted by Gasteiger charge is -2.29. The van der Waals surface area contributed by atoms with Gasteiger partial charge in [-0.3, -0.25) is 4.79 Å². The highest BCUT2D eigenvalue weighted by molar-refractivity contribution is 6.23. The third-order valence-electron chi connectivity index (χ3n) is 5.22. The summed E-state index contributed by atoms with van der Waals surface area (Å²) >= 11 is 0. The molecule has 0 saturated heterocycles. The van der Waals surface area contributed by atoms with Crippen LogP contribution in [0.15, 0.2) is 71.4 Å². The molecule has 3 N–H and O–H groups in total. The number of allylic oxidation sites excluding steroid dienone is 2. The van der Waals surface area contributed by atoms with Gasteiger partial charge in [0.05, 0.1) is 17.9 Å². The second-order valence-electron chi connectivity index (χ2n) is 7.11. The van der Waals surface area contributed by atoms with Crippen LogP contribution in [0.1, 0.15) is 34.3 Å². The molecule has 1 aliphatic carbocycles. The summed E-state index contributed by atoms with van der Waals surface area (Å²) < 4.78 is 5.24. The number of benzene rings is 2. The van der Waals surface area contributed by atoms with Gasteiger partial charge in [0.15, 0.2) is 5.78 Å². The second-order valence-corrected chi connectivity index (χ2v) is 7.11. The molecule has 0 radical (unpaired) electrons. The Morgan fingerprint density at radius 3 is 2.45 bits per heavy atom. The van der Waals surface area contributed by atoms with Gasteiger partial charge in [-0.2, -0.15) is 0 Å². The maximum Gasteiger partial charge on any atom is 0.336 e. The number of esters is 1. The molecule has 6 heteroatoms. The van der Waals surface area contributed by atoms with E-state index in [0.717, 1.165) is 11.1 Å². The number of aliphatic hydroxyl groups excluding tert-OH is 2. The lowest BCUT2D eigenvalue weighted by atomic mass is 9.80. The second kappa shape index (κ2) is 7.66. The monoisotopic (exact) mass is 391 g/mol. The van der Waals surface area contributed by atoms with Gasteiger partial charge >= 0.3 is 5.97 Å². The Morgan fingerprint density at radius 2 is 1.76 bits per heavy atom. The molecule has 0 amide bonds. The standard InChI is InChI=1S/C23H21NO5/c1-13-18(23(28)29-12-15(26)11-25)19(14-7-3-2-4-8-14)20-21(24-13)16-9-5-6-10-17(16)22(20)27/h2-10,15,19,24-26H,11-12H2,1H3/t15-,19-/m0/s1. The number of ketones is 1. The minimum absolute atomic E-state index is 0.120. The number of Topliss-reactive ketones (excluding diaryl/α,β-unsaturated/α-hetero) is 1. The molecule has 2 aliphatic rings. The summed E-state index contributed by atoms with van der Waals surface area (Å²) in [6.07, 6.45) is -1.15. The normalized spacial score (nSPS) is 18.9. The van der Waals surface area contributed by atoms with E-state index in [2.05, 4.69) is 5.32 Å². The van der Waals surface area contributed by atoms with Gasteiger partial charge in [0, 0.05) is 28.3 Å². The molecule has 1 aliphatic heterocycles. The quantitative estimate of drug-likeness (QED) is 0.676. The fourth-order valence-electron chi connectivity index (χ4n) is 3.88. The van der Waals surface area contributed by atoms with Crippen molar-refractivity contribution in [2.24, 2.45) is 0 Å². The highest BCUT2D eigenvalue weighted by Gasteiger charge is 2.42. The Labute approximate surface area is 168 Å². The first-order chi connectivity index (χ1) is 14.0. The summed E-state index contributed by atoms with van der Waals surface area (Å²) in [6, 6.07) is 16.7. The molecular formula is C23H21NO5. The fraction of sp³-hybridized carbons (Fsp3) is 0.217. The van der Waals surface area contributed by atoms with E-state index >= 15 is 0 Å². The number of carbonyl (C=O) groups is 2. The summed E-state index contributed by atoms with van der Waals surface area (Å²) in [4.78, 5) is 26.2. The van der Waals surface area contributed by atoms with Gasteiger partial charge in [0.25, 0.3) is 0 Å². The Hall–Kier alpha value is -3.22. The molecule has 4 rings (SSSR count). The van der Waals surface area contributed by atoms with Crippen molar-refractivity contribution in [3.8, 4) is 0 Å². The molecule has 6 nitrogen and oxygen atoms in total. The maximum atomic E-state index is 13.3. The number of hydrogen-bond acceptors (Lipinski definition) is 6. The largest absolute Gasteiger partial charge is 0.459 e. The molecule has 0 aromatic heterocycles. The van der Waals surface area contributed by atoms with Crippen LogP contribution < -0.4 is 5.32 Å². The first-order valence-electron chi connectivity index (χ1n) is 9.40. The van der Waals surface area contributed by atoms with Crippen LogP contribution in [0.2, 0.25) is 0 Å². The molecule has 29 heavy (non-hydrogen) atoms. The zero-order valence-electron chi connectivity index (χ0n) is 15.9. The molecule has 2 aromatic rings. The van der Waals surface area contributed by atoms with Crippen LogP contribution in [0.3, 0.4) is 0 Å². The van der Waals surface area contributed by atoms with E-state index in [-0.39, 0.29) is 12.4 Å². The van der Waals surface area contributed by atoms with E-state index < -0.39 is 24.6 Å². The highest BCUT2D eigenvalue weighted by atomic mass is 16.5. The molecule has 0 saturated carbocycles. The molecule has 1 heterocycles. The van der Waals surface area contributed by atoms with Crippen molar-refractivity contribution in [1.29, 1.82) is 0 Å². The topological polar surface area (TPSA) is 95.9 Å². The third kappa shape index (κ3) is 3.26. The zero-order chi connectivity index (χ0) is 20.5. The van der Waals surface area contributed by atoms with Gasteiger partial charge in [0.2, 0.25) is 0 Å². The van der Waals surface area contributed by atoms with Crippen molar-refractivity contribution in [3.05, 3.63) is 88.1 Å². The molecular weight excluding hydrogens is 370 g/mol. The summed E-state index contributed by atoms with van der Waals surface area (Å²) in [5.41, 5.74) is 4.35. The molecule has 0 bridgehead atoms. The van der Waals surface area contributed by atoms with E-state index in [4.69, 9.17) is 9.84 Å². The first-order valence-corrected chi connectivity index (χ1v) is 9.40. The third-order valence-corrected chi connectivity index (χ3v) is 5.22. The van der Waals surface area contributed by atoms with Crippen LogP contribution in [-0.2, 0) is 9.53 Å². The predicted octanol–water partition coefficient (Wildman–Crippen LogP) is 2.15. The minimum Gasteiger partial charge on any atom is -0.459 e. The lowest BCUT2D eigenvalue weighted by molar-refractivity contribution is -0.143. The van der Waals surface area contributed by atoms with Crippen molar-refractivity contribution in [1.82, 2.24) is 5.32 Å². The van der Waals surface area contributed by atoms with Gasteiger partial charge in [-0.1, -0.05) is 54.6 Å². The van der Waals surface area contributed by atoms with E-state index in [1.54, 1.807) is 13.0 Å². The van der Waals surface area contributed by atoms with Crippen molar-refractivity contribution < 1.29 is 24.5 Å². The van der Waals surface area contributed by atoms with Crippen LogP contribution in [-0.4, -0.2) is 41.3 Å². The smallest absolute Gasteiger partial charge is 0.336 e. The maximum absolute atomic E-state index is 13.3. The Bertz CT molecular complexity index is 1040. The van der Waals surface area contributed by atoms with E-state index in [0.29, 0.717) is 28.1 Å². The summed E-state index contributed by atoms with van der Waals surface area (Å²) in [6.45, 7) is 0.937. The molecule has 0 fully saturated rings. The lowest BCUT2D eigenvalue weighted by Crippen LogP contribution is -2.31. The van der Waals surface area contributed by atoms with E-state index in [1.165, 1.54) is 0 Å². The molecule has 0 unspecified atom stereocenters. The summed E-state index contributed by atoms with van der Waals surface area (Å²) in [5, 5.41) is 21.7. The Morgan fingerprint density at radius 1 is 1.10 bits per heavy atom. The van der Waals surface area contributed by atoms with Gasteiger partial charge in [-0.05, 0) is 12.5 Å². The van der Waals surface area contributed by atoms with E-state index in [1.807, 2.05) is 48.5 Å². The predicted molar refractivity (Wildman–Crippen MR) is 107 cm³/mol. The SMILES string of the molecule is CC1=C(C(=O)OC[C@@H](O)CO)[C@H](c2ccccc2)C2=C(N1)c1ccccc1C2=O. The zero-order valence-corrected chi connectivity index (χ0v) is 15.9. The average molecular weight is 391 g/mol. The van der Waals surface area contributed by atoms with Crippen LogP contribution in [0.25, 0.3) is 5.70 Å². The number of carbonyl (C=O) groups excluding carboxylic acids is 2. The van der Waals surface area contributed by atoms with E-state index in [9.17, 15) is 14.7 Å². The number of rotatable bonds is 5. The van der Waals surface area contributed by atoms with Crippen LogP contribution in [0.5, 0.6) is 0 Å². The Kier molecular flexibility index (Phi) is 5.05. The fourth-order valence-corrected chi connectivity index (χ4v) is 3.88. The van der Waals surface area contributed by atoms with Crippen molar-refractivity contribution in [2.75, 3.05) is 13.2 Å². The summed E-state index contributed by atoms with van der Waals surface area (Å²) in [5.74, 6) is -1.34. The van der Waals surface area contributed by atoms with Gasteiger partial charge in [-0.25, -0.2) is 4.79 Å². The number of aliphatic hydroxyl groups is 2. The molecule has 0 spiro atoms. The number of hydrogen-bond donors (Lipinski definition) is 3. The van der Waals surface area contributed by atoms with Crippen LogP contribution in [0.4, 0.5) is 0 Å². The molecule has 148 valence electrons. The molecule has 2 aromatic carbocycles. The highest BCUT2D eigenvalue weighted by Crippen LogP contribution is 2.46. The van der Waals surface area contributed by atoms with Crippen LogP contribution >= 0.6 is 0 Å². The number of fused-ring (bicyclic) bond motifs is 2. The number of ether oxygens (including phenoxy) is 1. The first kappa shape index (κ1) is 19.1. The van der Waals surface area contributed by atoms with Crippen LogP contribution in [0, 0.1) is 0 Å². The average Bonchev–Trinajstić information content (AvgIpc) is 3.03. The van der Waals surface area contributed by atoms with Crippen molar-refractivity contribution in [2.45, 2.75) is 18.9 Å². The molecule has 2 atom stereocenters. The van der Waals surface area contributed by atoms with Gasteiger partial charge in [-0.15, -0.1) is 0 Å². The van der Waals surface area contributed by atoms with Gasteiger partial charge in [0.1, 0.15) is 12.7 Å².